The summed E-state index contributed by atoms with van der Waals surface area (Å²) >= 11 is 3.51. The highest BCUT2D eigenvalue weighted by molar-refractivity contribution is 9.10. The maximum atomic E-state index is 13.9. The Morgan fingerprint density at radius 1 is 0.927 bits per heavy atom. The van der Waals surface area contributed by atoms with Crippen LogP contribution in [0.25, 0.3) is 0 Å². The number of benzene rings is 3. The molecule has 0 fully saturated rings. The average molecular weight is 643 g/mol. The number of carbonyl (C=O) groups is 2. The van der Waals surface area contributed by atoms with Crippen LogP contribution < -0.4 is 9.62 Å². The molecule has 0 aliphatic carbocycles. The highest BCUT2D eigenvalue weighted by Gasteiger charge is 2.30. The van der Waals surface area contributed by atoms with Gasteiger partial charge < -0.3 is 10.2 Å². The van der Waals surface area contributed by atoms with Crippen molar-refractivity contribution in [1.29, 1.82) is 0 Å². The zero-order chi connectivity index (χ0) is 29.8. The predicted molar refractivity (Wildman–Crippen MR) is 169 cm³/mol. The van der Waals surface area contributed by atoms with Crippen molar-refractivity contribution in [2.75, 3.05) is 23.7 Å². The Labute approximate surface area is 253 Å². The van der Waals surface area contributed by atoms with E-state index in [0.717, 1.165) is 34.0 Å². The summed E-state index contributed by atoms with van der Waals surface area (Å²) in [6.45, 7) is 4.88. The monoisotopic (exact) mass is 641 g/mol. The van der Waals surface area contributed by atoms with Crippen molar-refractivity contribution in [3.63, 3.8) is 0 Å². The van der Waals surface area contributed by atoms with Gasteiger partial charge in [-0.3, -0.25) is 13.9 Å². The first kappa shape index (κ1) is 32.3. The van der Waals surface area contributed by atoms with E-state index in [4.69, 9.17) is 0 Å². The van der Waals surface area contributed by atoms with Crippen LogP contribution in [0.15, 0.2) is 83.3 Å². The van der Waals surface area contributed by atoms with Gasteiger partial charge in [-0.25, -0.2) is 8.42 Å². The molecule has 0 bridgehead atoms. The number of anilines is 1. The molecule has 9 heteroatoms. The van der Waals surface area contributed by atoms with E-state index < -0.39 is 16.1 Å². The topological polar surface area (TPSA) is 86.8 Å². The van der Waals surface area contributed by atoms with Gasteiger partial charge in [-0.05, 0) is 54.7 Å². The molecule has 3 aromatic rings. The highest BCUT2D eigenvalue weighted by Crippen LogP contribution is 2.23. The van der Waals surface area contributed by atoms with E-state index in [1.807, 2.05) is 73.7 Å². The Morgan fingerprint density at radius 2 is 1.61 bits per heavy atom. The third-order valence-corrected chi connectivity index (χ3v) is 8.55. The van der Waals surface area contributed by atoms with Gasteiger partial charge in [0.25, 0.3) is 0 Å². The lowest BCUT2D eigenvalue weighted by Gasteiger charge is -2.32. The molecule has 0 aromatic heterocycles. The lowest BCUT2D eigenvalue weighted by atomic mass is 10.0. The number of amides is 2. The molecular weight excluding hydrogens is 602 g/mol. The smallest absolute Gasteiger partial charge is 0.243 e. The number of halogens is 1. The minimum atomic E-state index is -3.56. The predicted octanol–water partition coefficient (Wildman–Crippen LogP) is 5.86. The minimum absolute atomic E-state index is 0.0967. The Balaban J connectivity index is 1.88. The van der Waals surface area contributed by atoms with Crippen LogP contribution in [0.2, 0.25) is 0 Å². The molecule has 0 unspecified atom stereocenters. The van der Waals surface area contributed by atoms with Crippen molar-refractivity contribution < 1.29 is 18.0 Å². The van der Waals surface area contributed by atoms with Gasteiger partial charge in [0.15, 0.2) is 0 Å². The van der Waals surface area contributed by atoms with E-state index in [1.165, 1.54) is 10.6 Å². The minimum Gasteiger partial charge on any atom is -0.354 e. The van der Waals surface area contributed by atoms with E-state index in [9.17, 15) is 18.0 Å². The SMILES string of the molecule is CCCCNC(=O)[C@H](Cc1ccccc1)N(Cc1cccc(Br)c1)C(=O)CCCN(c1ccccc1C)S(C)(=O)=O. The van der Waals surface area contributed by atoms with Crippen molar-refractivity contribution >= 4 is 43.5 Å². The summed E-state index contributed by atoms with van der Waals surface area (Å²) in [5.74, 6) is -0.391. The molecule has 0 radical (unpaired) electrons. The summed E-state index contributed by atoms with van der Waals surface area (Å²) in [6, 6.07) is 24.0. The lowest BCUT2D eigenvalue weighted by molar-refractivity contribution is -0.141. The number of hydrogen-bond donors (Lipinski definition) is 1. The molecule has 1 N–H and O–H groups in total. The maximum Gasteiger partial charge on any atom is 0.243 e. The Kier molecular flexibility index (Phi) is 12.4. The van der Waals surface area contributed by atoms with Crippen LogP contribution >= 0.6 is 15.9 Å². The lowest BCUT2D eigenvalue weighted by Crippen LogP contribution is -2.50. The molecule has 7 nitrogen and oxygen atoms in total. The number of rotatable bonds is 15. The molecule has 3 rings (SSSR count). The molecule has 41 heavy (non-hydrogen) atoms. The molecule has 0 aliphatic heterocycles. The molecule has 0 spiro atoms. The van der Waals surface area contributed by atoms with Gasteiger partial charge in [-0.1, -0.05) is 89.9 Å². The molecule has 0 heterocycles. The second-order valence-electron chi connectivity index (χ2n) is 10.2. The zero-order valence-electron chi connectivity index (χ0n) is 24.1. The summed E-state index contributed by atoms with van der Waals surface area (Å²) in [6.07, 6.45) is 3.75. The van der Waals surface area contributed by atoms with E-state index in [0.29, 0.717) is 25.1 Å². The van der Waals surface area contributed by atoms with Crippen molar-refractivity contribution in [1.82, 2.24) is 10.2 Å². The normalized spacial score (nSPS) is 12.0. The summed E-state index contributed by atoms with van der Waals surface area (Å²) in [4.78, 5) is 29.1. The Bertz CT molecular complexity index is 1400. The summed E-state index contributed by atoms with van der Waals surface area (Å²) < 4.78 is 27.6. The third kappa shape index (κ3) is 10.0. The quantitative estimate of drug-likeness (QED) is 0.211. The van der Waals surface area contributed by atoms with E-state index >= 15 is 0 Å². The van der Waals surface area contributed by atoms with Crippen LogP contribution in [0.1, 0.15) is 49.3 Å². The van der Waals surface area contributed by atoms with Gasteiger partial charge in [0.1, 0.15) is 6.04 Å². The Morgan fingerprint density at radius 3 is 2.27 bits per heavy atom. The molecule has 220 valence electrons. The molecule has 0 aliphatic rings. The third-order valence-electron chi connectivity index (χ3n) is 6.88. The van der Waals surface area contributed by atoms with E-state index in [1.54, 1.807) is 17.0 Å². The number of sulfonamides is 1. The average Bonchev–Trinajstić information content (AvgIpc) is 2.93. The zero-order valence-corrected chi connectivity index (χ0v) is 26.5. The molecule has 0 saturated carbocycles. The van der Waals surface area contributed by atoms with Crippen molar-refractivity contribution in [3.8, 4) is 0 Å². The second kappa shape index (κ2) is 15.7. The van der Waals surface area contributed by atoms with Gasteiger partial charge >= 0.3 is 0 Å². The fraction of sp³-hybridized carbons (Fsp3) is 0.375. The van der Waals surface area contributed by atoms with Crippen molar-refractivity contribution in [2.24, 2.45) is 0 Å². The van der Waals surface area contributed by atoms with Gasteiger partial charge in [-0.2, -0.15) is 0 Å². The van der Waals surface area contributed by atoms with Crippen molar-refractivity contribution in [3.05, 3.63) is 100 Å². The Hall–Kier alpha value is -3.17. The van der Waals surface area contributed by atoms with Gasteiger partial charge in [0.05, 0.1) is 11.9 Å². The maximum absolute atomic E-state index is 13.9. The van der Waals surface area contributed by atoms with Crippen molar-refractivity contribution in [2.45, 2.75) is 58.5 Å². The standard InChI is InChI=1S/C32H40BrN3O4S/c1-4-5-20-34-32(38)30(23-26-14-7-6-8-15-26)35(24-27-16-11-17-28(33)22-27)31(37)19-12-21-36(41(3,39)40)29-18-10-9-13-25(29)2/h6-11,13-18,22,30H,4-5,12,19-21,23-24H2,1-3H3,(H,34,38)/t30-/m0/s1. The van der Waals surface area contributed by atoms with Crippen LogP contribution in [-0.4, -0.2) is 50.5 Å². The van der Waals surface area contributed by atoms with Crippen LogP contribution in [-0.2, 0) is 32.6 Å². The number of aryl methyl sites for hydroxylation is 1. The number of para-hydroxylation sites is 1. The van der Waals surface area contributed by atoms with Crippen LogP contribution in [0, 0.1) is 6.92 Å². The fourth-order valence-corrected chi connectivity index (χ4v) is 6.19. The molecular formula is C32H40BrN3O4S. The number of nitrogens with one attached hydrogen (secondary N) is 1. The molecule has 1 atom stereocenters. The first-order valence-electron chi connectivity index (χ1n) is 14.0. The summed E-state index contributed by atoms with van der Waals surface area (Å²) in [5, 5.41) is 3.03. The van der Waals surface area contributed by atoms with Gasteiger partial charge in [0.2, 0.25) is 21.8 Å². The first-order chi connectivity index (χ1) is 19.6. The largest absolute Gasteiger partial charge is 0.354 e. The first-order valence-corrected chi connectivity index (χ1v) is 16.6. The van der Waals surface area contributed by atoms with Crippen LogP contribution in [0.5, 0.6) is 0 Å². The molecule has 0 saturated heterocycles. The number of nitrogens with zero attached hydrogens (tertiary/aromatic N) is 2. The second-order valence-corrected chi connectivity index (χ2v) is 13.0. The number of carbonyl (C=O) groups excluding carboxylic acids is 2. The molecule has 3 aromatic carbocycles. The van der Waals surface area contributed by atoms with Gasteiger partial charge in [-0.15, -0.1) is 0 Å². The molecule has 2 amide bonds. The fourth-order valence-electron chi connectivity index (χ4n) is 4.72. The van der Waals surface area contributed by atoms with Crippen LogP contribution in [0.3, 0.4) is 0 Å². The summed E-state index contributed by atoms with van der Waals surface area (Å²) in [5.41, 5.74) is 3.29. The van der Waals surface area contributed by atoms with Crippen LogP contribution in [0.4, 0.5) is 5.69 Å². The number of hydrogen-bond acceptors (Lipinski definition) is 4. The van der Waals surface area contributed by atoms with E-state index in [2.05, 4.69) is 28.2 Å². The summed E-state index contributed by atoms with van der Waals surface area (Å²) in [7, 11) is -3.56. The highest BCUT2D eigenvalue weighted by atomic mass is 79.9. The van der Waals surface area contributed by atoms with Gasteiger partial charge in [0, 0.05) is 36.9 Å². The number of unbranched alkanes of at least 4 members (excludes halogenated alkanes) is 1. The van der Waals surface area contributed by atoms with E-state index in [-0.39, 0.29) is 31.3 Å².